The lowest BCUT2D eigenvalue weighted by Gasteiger charge is -2.02. The maximum absolute atomic E-state index is 11.6. The molecule has 1 amide bonds. The fraction of sp³-hybridized carbons (Fsp3) is 0.308. The van der Waals surface area contributed by atoms with Crippen LogP contribution in [0.25, 0.3) is 10.9 Å². The molecule has 1 aromatic carbocycles. The Labute approximate surface area is 94.9 Å². The van der Waals surface area contributed by atoms with Gasteiger partial charge in [-0.2, -0.15) is 0 Å². The minimum absolute atomic E-state index is 0.0894. The van der Waals surface area contributed by atoms with Crippen LogP contribution in [0.4, 0.5) is 0 Å². The van der Waals surface area contributed by atoms with E-state index < -0.39 is 0 Å². The number of aromatic nitrogens is 1. The smallest absolute Gasteiger partial charge is 0.224 e. The van der Waals surface area contributed by atoms with Gasteiger partial charge in [-0.1, -0.05) is 25.1 Å². The van der Waals surface area contributed by atoms with Gasteiger partial charge in [-0.25, -0.2) is 0 Å². The highest BCUT2D eigenvalue weighted by Crippen LogP contribution is 2.17. The number of aromatic amines is 1. The zero-order valence-electron chi connectivity index (χ0n) is 9.42. The summed E-state index contributed by atoms with van der Waals surface area (Å²) in [6.45, 7) is 2.80. The summed E-state index contributed by atoms with van der Waals surface area (Å²) in [5.41, 5.74) is 2.14. The van der Waals surface area contributed by atoms with Crippen LogP contribution in [0, 0.1) is 0 Å². The molecular weight excluding hydrogens is 200 g/mol. The van der Waals surface area contributed by atoms with Gasteiger partial charge in [0.2, 0.25) is 5.91 Å². The highest BCUT2D eigenvalue weighted by Gasteiger charge is 2.07. The van der Waals surface area contributed by atoms with Crippen molar-refractivity contribution in [3.05, 3.63) is 36.0 Å². The third-order valence-corrected chi connectivity index (χ3v) is 2.60. The van der Waals surface area contributed by atoms with E-state index in [2.05, 4.69) is 10.3 Å². The average Bonchev–Trinajstić information content (AvgIpc) is 2.70. The summed E-state index contributed by atoms with van der Waals surface area (Å²) >= 11 is 0. The minimum Gasteiger partial charge on any atom is -0.361 e. The fourth-order valence-electron chi connectivity index (χ4n) is 1.78. The number of hydrogen-bond acceptors (Lipinski definition) is 1. The zero-order valence-corrected chi connectivity index (χ0v) is 9.42. The van der Waals surface area contributed by atoms with Gasteiger partial charge in [0.1, 0.15) is 0 Å². The van der Waals surface area contributed by atoms with Crippen molar-refractivity contribution >= 4 is 16.8 Å². The van der Waals surface area contributed by atoms with Gasteiger partial charge in [-0.05, 0) is 18.1 Å². The van der Waals surface area contributed by atoms with Crippen LogP contribution in [0.1, 0.15) is 18.9 Å². The molecular formula is C13H16N2O. The number of hydrogen-bond donors (Lipinski definition) is 2. The maximum atomic E-state index is 11.6. The summed E-state index contributed by atoms with van der Waals surface area (Å²) in [5, 5.41) is 4.02. The summed E-state index contributed by atoms with van der Waals surface area (Å²) in [6, 6.07) is 8.03. The van der Waals surface area contributed by atoms with Crippen molar-refractivity contribution < 1.29 is 4.79 Å². The van der Waals surface area contributed by atoms with Crippen LogP contribution >= 0.6 is 0 Å². The molecule has 0 radical (unpaired) electrons. The predicted molar refractivity (Wildman–Crippen MR) is 65.3 cm³/mol. The number of fused-ring (bicyclic) bond motifs is 1. The van der Waals surface area contributed by atoms with E-state index in [9.17, 15) is 4.79 Å². The van der Waals surface area contributed by atoms with E-state index >= 15 is 0 Å². The largest absolute Gasteiger partial charge is 0.361 e. The monoisotopic (exact) mass is 216 g/mol. The number of nitrogens with one attached hydrogen (secondary N) is 2. The number of amides is 1. The fourth-order valence-corrected chi connectivity index (χ4v) is 1.78. The molecule has 3 nitrogen and oxygen atoms in total. The Bertz CT molecular complexity index is 487. The molecule has 16 heavy (non-hydrogen) atoms. The first kappa shape index (κ1) is 10.7. The van der Waals surface area contributed by atoms with E-state index in [1.54, 1.807) is 0 Å². The molecule has 0 aliphatic heterocycles. The van der Waals surface area contributed by atoms with Crippen molar-refractivity contribution in [2.45, 2.75) is 19.8 Å². The van der Waals surface area contributed by atoms with E-state index in [1.807, 2.05) is 37.4 Å². The van der Waals surface area contributed by atoms with E-state index in [4.69, 9.17) is 0 Å². The lowest BCUT2D eigenvalue weighted by Crippen LogP contribution is -2.25. The van der Waals surface area contributed by atoms with Crippen molar-refractivity contribution in [3.63, 3.8) is 0 Å². The predicted octanol–water partition coefficient (Wildman–Crippen LogP) is 2.24. The first-order valence-corrected chi connectivity index (χ1v) is 5.63. The Balaban J connectivity index is 2.12. The number of para-hydroxylation sites is 1. The molecule has 0 fully saturated rings. The van der Waals surface area contributed by atoms with Gasteiger partial charge in [-0.3, -0.25) is 4.79 Å². The number of carbonyl (C=O) groups is 1. The van der Waals surface area contributed by atoms with Gasteiger partial charge in [0.15, 0.2) is 0 Å². The Hall–Kier alpha value is -1.77. The van der Waals surface area contributed by atoms with E-state index in [0.29, 0.717) is 6.42 Å². The molecule has 0 spiro atoms. The Morgan fingerprint density at radius 3 is 3.00 bits per heavy atom. The molecule has 1 heterocycles. The first-order valence-electron chi connectivity index (χ1n) is 5.63. The van der Waals surface area contributed by atoms with Crippen molar-refractivity contribution in [1.29, 1.82) is 0 Å². The molecule has 0 saturated carbocycles. The third-order valence-electron chi connectivity index (χ3n) is 2.60. The number of carbonyl (C=O) groups excluding carboxylic acids is 1. The molecule has 0 saturated heterocycles. The Morgan fingerprint density at radius 1 is 1.38 bits per heavy atom. The van der Waals surface area contributed by atoms with Gasteiger partial charge in [0.25, 0.3) is 0 Å². The van der Waals surface area contributed by atoms with Crippen molar-refractivity contribution in [3.8, 4) is 0 Å². The highest BCUT2D eigenvalue weighted by atomic mass is 16.1. The van der Waals surface area contributed by atoms with Gasteiger partial charge in [-0.15, -0.1) is 0 Å². The minimum atomic E-state index is 0.0894. The van der Waals surface area contributed by atoms with Crippen LogP contribution in [-0.4, -0.2) is 17.4 Å². The van der Waals surface area contributed by atoms with Crippen LogP contribution in [0.5, 0.6) is 0 Å². The molecule has 0 unspecified atom stereocenters. The molecule has 2 aromatic rings. The van der Waals surface area contributed by atoms with Crippen molar-refractivity contribution in [1.82, 2.24) is 10.3 Å². The van der Waals surface area contributed by atoms with Crippen LogP contribution in [0.2, 0.25) is 0 Å². The standard InChI is InChI=1S/C13H16N2O/c1-2-7-14-13(16)8-10-9-15-12-6-4-3-5-11(10)12/h3-6,9,15H,2,7-8H2,1H3,(H,14,16). The summed E-state index contributed by atoms with van der Waals surface area (Å²) in [4.78, 5) is 14.8. The first-order chi connectivity index (χ1) is 7.81. The average molecular weight is 216 g/mol. The summed E-state index contributed by atoms with van der Waals surface area (Å²) in [5.74, 6) is 0.0894. The van der Waals surface area contributed by atoms with Gasteiger partial charge >= 0.3 is 0 Å². The van der Waals surface area contributed by atoms with Crippen molar-refractivity contribution in [2.24, 2.45) is 0 Å². The third kappa shape index (κ3) is 2.24. The summed E-state index contributed by atoms with van der Waals surface area (Å²) in [6.07, 6.45) is 3.33. The highest BCUT2D eigenvalue weighted by molar-refractivity contribution is 5.88. The molecule has 84 valence electrons. The lowest BCUT2D eigenvalue weighted by atomic mass is 10.1. The molecule has 0 aliphatic rings. The number of rotatable bonds is 4. The second-order valence-electron chi connectivity index (χ2n) is 3.89. The molecule has 0 atom stereocenters. The molecule has 2 rings (SSSR count). The SMILES string of the molecule is CCCNC(=O)Cc1c[nH]c2ccccc12. The molecule has 3 heteroatoms. The van der Waals surface area contributed by atoms with E-state index in [1.165, 1.54) is 0 Å². The van der Waals surface area contributed by atoms with Crippen LogP contribution in [0.3, 0.4) is 0 Å². The zero-order chi connectivity index (χ0) is 11.4. The Morgan fingerprint density at radius 2 is 2.19 bits per heavy atom. The summed E-state index contributed by atoms with van der Waals surface area (Å²) in [7, 11) is 0. The Kier molecular flexibility index (Phi) is 3.25. The number of H-pyrrole nitrogens is 1. The quantitative estimate of drug-likeness (QED) is 0.808. The topological polar surface area (TPSA) is 44.9 Å². The summed E-state index contributed by atoms with van der Waals surface area (Å²) < 4.78 is 0. The maximum Gasteiger partial charge on any atom is 0.224 e. The van der Waals surface area contributed by atoms with Crippen LogP contribution in [0.15, 0.2) is 30.5 Å². The van der Waals surface area contributed by atoms with Gasteiger partial charge < -0.3 is 10.3 Å². The van der Waals surface area contributed by atoms with E-state index in [-0.39, 0.29) is 5.91 Å². The van der Waals surface area contributed by atoms with Gasteiger partial charge in [0, 0.05) is 23.6 Å². The molecule has 2 N–H and O–H groups in total. The molecule has 0 bridgehead atoms. The van der Waals surface area contributed by atoms with Crippen LogP contribution in [-0.2, 0) is 11.2 Å². The lowest BCUT2D eigenvalue weighted by molar-refractivity contribution is -0.120. The van der Waals surface area contributed by atoms with Crippen molar-refractivity contribution in [2.75, 3.05) is 6.54 Å². The van der Waals surface area contributed by atoms with Crippen LogP contribution < -0.4 is 5.32 Å². The second kappa shape index (κ2) is 4.84. The molecule has 0 aliphatic carbocycles. The molecule has 1 aromatic heterocycles. The normalized spacial score (nSPS) is 10.6. The van der Waals surface area contributed by atoms with Gasteiger partial charge in [0.05, 0.1) is 6.42 Å². The van der Waals surface area contributed by atoms with E-state index in [0.717, 1.165) is 29.4 Å². The second-order valence-corrected chi connectivity index (χ2v) is 3.89. The number of benzene rings is 1.